The van der Waals surface area contributed by atoms with Crippen molar-refractivity contribution in [2.24, 2.45) is 5.41 Å². The molecule has 1 N–H and O–H groups in total. The third-order valence-electron chi connectivity index (χ3n) is 4.84. The Morgan fingerprint density at radius 2 is 1.91 bits per heavy atom. The molecular weight excluding hydrogens is 276 g/mol. The third kappa shape index (κ3) is 3.41. The Hall–Kier alpha value is -1.61. The van der Waals surface area contributed by atoms with Crippen LogP contribution in [0.5, 0.6) is 0 Å². The van der Waals surface area contributed by atoms with E-state index in [4.69, 9.17) is 4.74 Å². The van der Waals surface area contributed by atoms with Crippen LogP contribution in [0.25, 0.3) is 0 Å². The second-order valence-electron chi connectivity index (χ2n) is 5.96. The molecule has 2 atom stereocenters. The van der Waals surface area contributed by atoms with Gasteiger partial charge in [-0.3, -0.25) is 0 Å². The molecule has 0 aromatic heterocycles. The molecule has 22 heavy (non-hydrogen) atoms. The molecule has 0 fully saturated rings. The number of ether oxygens (including phenoxy) is 1. The minimum absolute atomic E-state index is 0.373. The Bertz CT molecular complexity index is 502. The highest BCUT2D eigenvalue weighted by atomic mass is 16.5. The summed E-state index contributed by atoms with van der Waals surface area (Å²) in [5.74, 6) is -0.373. The van der Waals surface area contributed by atoms with Crippen molar-refractivity contribution in [2.75, 3.05) is 7.11 Å². The first-order valence-electron chi connectivity index (χ1n) is 7.93. The number of aliphatic hydroxyl groups is 1. The molecule has 0 aliphatic rings. The van der Waals surface area contributed by atoms with E-state index in [9.17, 15) is 9.90 Å². The van der Waals surface area contributed by atoms with E-state index in [1.165, 1.54) is 7.11 Å². The molecule has 0 spiro atoms. The van der Waals surface area contributed by atoms with Crippen molar-refractivity contribution < 1.29 is 14.6 Å². The van der Waals surface area contributed by atoms with Crippen LogP contribution in [0.1, 0.15) is 62.4 Å². The summed E-state index contributed by atoms with van der Waals surface area (Å²) < 4.78 is 4.71. The van der Waals surface area contributed by atoms with Gasteiger partial charge in [-0.2, -0.15) is 0 Å². The molecular formula is C19H28O3. The van der Waals surface area contributed by atoms with Crippen molar-refractivity contribution in [3.63, 3.8) is 0 Å². The van der Waals surface area contributed by atoms with Crippen molar-refractivity contribution in [3.05, 3.63) is 48.0 Å². The smallest absolute Gasteiger partial charge is 0.337 e. The number of esters is 1. The second-order valence-corrected chi connectivity index (χ2v) is 5.96. The minimum atomic E-state index is -1.03. The minimum Gasteiger partial charge on any atom is -0.465 e. The zero-order chi connectivity index (χ0) is 16.8. The van der Waals surface area contributed by atoms with Gasteiger partial charge in [0, 0.05) is 5.41 Å². The van der Waals surface area contributed by atoms with Gasteiger partial charge in [0.05, 0.1) is 18.3 Å². The maximum atomic E-state index is 11.5. The Morgan fingerprint density at radius 1 is 1.32 bits per heavy atom. The van der Waals surface area contributed by atoms with Crippen LogP contribution < -0.4 is 0 Å². The van der Waals surface area contributed by atoms with E-state index in [0.717, 1.165) is 31.2 Å². The van der Waals surface area contributed by atoms with Crippen LogP contribution in [0.3, 0.4) is 0 Å². The van der Waals surface area contributed by atoms with Gasteiger partial charge in [0.2, 0.25) is 0 Å². The van der Waals surface area contributed by atoms with Gasteiger partial charge >= 0.3 is 5.97 Å². The van der Waals surface area contributed by atoms with Crippen LogP contribution in [0.4, 0.5) is 0 Å². The summed E-state index contributed by atoms with van der Waals surface area (Å²) in [6, 6.07) is 6.98. The van der Waals surface area contributed by atoms with Crippen LogP contribution in [0.15, 0.2) is 36.9 Å². The third-order valence-corrected chi connectivity index (χ3v) is 4.84. The fraction of sp³-hybridized carbons (Fsp3) is 0.526. The molecule has 0 aliphatic carbocycles. The fourth-order valence-corrected chi connectivity index (χ4v) is 3.04. The monoisotopic (exact) mass is 304 g/mol. The SMILES string of the molecule is C=C[C@@](CC)(CCCC)[C@@](C)(O)c1ccc(C(=O)OC)cc1. The first-order valence-corrected chi connectivity index (χ1v) is 7.93. The van der Waals surface area contributed by atoms with E-state index in [1.54, 1.807) is 24.3 Å². The van der Waals surface area contributed by atoms with Crippen molar-refractivity contribution >= 4 is 5.97 Å². The van der Waals surface area contributed by atoms with Crippen LogP contribution >= 0.6 is 0 Å². The van der Waals surface area contributed by atoms with Crippen molar-refractivity contribution in [1.82, 2.24) is 0 Å². The first kappa shape index (κ1) is 18.4. The van der Waals surface area contributed by atoms with Crippen molar-refractivity contribution in [2.45, 2.75) is 52.1 Å². The molecule has 3 heteroatoms. The van der Waals surface area contributed by atoms with Crippen molar-refractivity contribution in [3.8, 4) is 0 Å². The molecule has 1 aromatic carbocycles. The van der Waals surface area contributed by atoms with Crippen LogP contribution in [-0.2, 0) is 10.3 Å². The van der Waals surface area contributed by atoms with E-state index < -0.39 is 5.60 Å². The van der Waals surface area contributed by atoms with Crippen molar-refractivity contribution in [1.29, 1.82) is 0 Å². The van der Waals surface area contributed by atoms with Gasteiger partial charge in [-0.1, -0.05) is 44.9 Å². The van der Waals surface area contributed by atoms with E-state index in [-0.39, 0.29) is 11.4 Å². The van der Waals surface area contributed by atoms with Gasteiger partial charge in [0.15, 0.2) is 0 Å². The number of carbonyl (C=O) groups excluding carboxylic acids is 1. The topological polar surface area (TPSA) is 46.5 Å². The van der Waals surface area contributed by atoms with Gasteiger partial charge in [0.25, 0.3) is 0 Å². The summed E-state index contributed by atoms with van der Waals surface area (Å²) in [6.45, 7) is 10.0. The number of rotatable bonds is 8. The molecule has 1 rings (SSSR count). The summed E-state index contributed by atoms with van der Waals surface area (Å²) in [6.07, 6.45) is 5.69. The van der Waals surface area contributed by atoms with Gasteiger partial charge in [-0.15, -0.1) is 6.58 Å². The molecule has 0 bridgehead atoms. The van der Waals surface area contributed by atoms with E-state index in [1.807, 2.05) is 13.0 Å². The summed E-state index contributed by atoms with van der Waals surface area (Å²) >= 11 is 0. The number of hydrogen-bond acceptors (Lipinski definition) is 3. The van der Waals surface area contributed by atoms with E-state index >= 15 is 0 Å². The van der Waals surface area contributed by atoms with Gasteiger partial charge in [-0.05, 0) is 37.5 Å². The molecule has 1 aromatic rings. The number of carbonyl (C=O) groups is 1. The largest absolute Gasteiger partial charge is 0.465 e. The molecule has 0 saturated carbocycles. The Balaban J connectivity index is 3.18. The molecule has 0 saturated heterocycles. The average Bonchev–Trinajstić information content (AvgIpc) is 2.55. The maximum Gasteiger partial charge on any atom is 0.337 e. The molecule has 122 valence electrons. The number of methoxy groups -OCH3 is 1. The van der Waals surface area contributed by atoms with Crippen LogP contribution in [-0.4, -0.2) is 18.2 Å². The highest BCUT2D eigenvalue weighted by Gasteiger charge is 2.44. The molecule has 0 heterocycles. The molecule has 0 radical (unpaired) electrons. The zero-order valence-corrected chi connectivity index (χ0v) is 14.2. The lowest BCUT2D eigenvalue weighted by molar-refractivity contribution is -0.0574. The molecule has 0 unspecified atom stereocenters. The van der Waals surface area contributed by atoms with Gasteiger partial charge in [0.1, 0.15) is 0 Å². The molecule has 0 aliphatic heterocycles. The summed E-state index contributed by atoms with van der Waals surface area (Å²) in [4.78, 5) is 11.5. The second kappa shape index (κ2) is 7.59. The summed E-state index contributed by atoms with van der Waals surface area (Å²) in [5, 5.41) is 11.2. The van der Waals surface area contributed by atoms with Gasteiger partial charge in [-0.25, -0.2) is 4.79 Å². The first-order chi connectivity index (χ1) is 10.4. The van der Waals surface area contributed by atoms with E-state index in [2.05, 4.69) is 20.4 Å². The van der Waals surface area contributed by atoms with Crippen LogP contribution in [0.2, 0.25) is 0 Å². The fourth-order valence-electron chi connectivity index (χ4n) is 3.04. The quantitative estimate of drug-likeness (QED) is 0.570. The predicted molar refractivity (Wildman–Crippen MR) is 89.8 cm³/mol. The number of hydrogen-bond donors (Lipinski definition) is 1. The lowest BCUT2D eigenvalue weighted by Gasteiger charge is -2.43. The molecule has 3 nitrogen and oxygen atoms in total. The predicted octanol–water partition coefficient (Wildman–Crippen LogP) is 4.45. The van der Waals surface area contributed by atoms with E-state index in [0.29, 0.717) is 5.56 Å². The number of unbranched alkanes of at least 4 members (excludes halogenated alkanes) is 1. The lowest BCUT2D eigenvalue weighted by atomic mass is 9.65. The van der Waals surface area contributed by atoms with Gasteiger partial charge < -0.3 is 9.84 Å². The Kier molecular flexibility index (Phi) is 6.36. The number of benzene rings is 1. The summed E-state index contributed by atoms with van der Waals surface area (Å²) in [5.41, 5.74) is -0.141. The lowest BCUT2D eigenvalue weighted by Crippen LogP contribution is -2.42. The zero-order valence-electron chi connectivity index (χ0n) is 14.2. The highest BCUT2D eigenvalue weighted by Crippen LogP contribution is 2.47. The van der Waals surface area contributed by atoms with Crippen LogP contribution in [0, 0.1) is 5.41 Å². The maximum absolute atomic E-state index is 11.5. The normalized spacial score (nSPS) is 16.4. The standard InChI is InChI=1S/C19H28O3/c1-6-9-14-19(7-2,8-3)18(4,21)16-12-10-15(11-13-16)17(20)22-5/h7,10-13,21H,2,6,8-9,14H2,1,3-5H3/t18-,19+/m0/s1. The average molecular weight is 304 g/mol. The Labute approximate surface area is 134 Å². The molecule has 0 amide bonds. The highest BCUT2D eigenvalue weighted by molar-refractivity contribution is 5.89. The Morgan fingerprint density at radius 3 is 2.32 bits per heavy atom. The summed E-state index contributed by atoms with van der Waals surface area (Å²) in [7, 11) is 1.36.